The Morgan fingerprint density at radius 1 is 1.12 bits per heavy atom. The van der Waals surface area contributed by atoms with Crippen molar-refractivity contribution in [1.29, 1.82) is 0 Å². The molecular weight excluding hydrogens is 445 g/mol. The van der Waals surface area contributed by atoms with E-state index in [1.165, 1.54) is 0 Å². The van der Waals surface area contributed by atoms with Crippen molar-refractivity contribution in [1.82, 2.24) is 20.9 Å². The first-order valence-electron chi connectivity index (χ1n) is 8.49. The summed E-state index contributed by atoms with van der Waals surface area (Å²) in [5.41, 5.74) is 1.74. The third-order valence-corrected chi connectivity index (χ3v) is 3.50. The number of nitrogens with one attached hydrogen (secondary N) is 3. The third-order valence-electron chi connectivity index (χ3n) is 3.50. The van der Waals surface area contributed by atoms with Gasteiger partial charge in [0.2, 0.25) is 5.91 Å². The molecule has 0 radical (unpaired) electrons. The van der Waals surface area contributed by atoms with Gasteiger partial charge in [0.05, 0.1) is 6.54 Å². The Morgan fingerprint density at radius 3 is 2.46 bits per heavy atom. The Bertz CT molecular complexity index is 605. The highest BCUT2D eigenvalue weighted by Crippen LogP contribution is 2.07. The van der Waals surface area contributed by atoms with E-state index in [4.69, 9.17) is 0 Å². The predicted octanol–water partition coefficient (Wildman–Crippen LogP) is 1.24. The molecular formula is C18H30IN5O2. The second-order valence-electron chi connectivity index (χ2n) is 5.85. The van der Waals surface area contributed by atoms with Gasteiger partial charge in [0, 0.05) is 39.8 Å². The summed E-state index contributed by atoms with van der Waals surface area (Å²) in [7, 11) is 5.14. The minimum Gasteiger partial charge on any atom is -0.356 e. The topological polar surface area (TPSA) is 85.8 Å². The molecule has 0 spiro atoms. The second-order valence-corrected chi connectivity index (χ2v) is 5.85. The van der Waals surface area contributed by atoms with E-state index < -0.39 is 0 Å². The van der Waals surface area contributed by atoms with Gasteiger partial charge in [-0.3, -0.25) is 14.6 Å². The van der Waals surface area contributed by atoms with E-state index >= 15 is 0 Å². The molecule has 146 valence electrons. The van der Waals surface area contributed by atoms with Crippen LogP contribution in [0, 0.1) is 0 Å². The first-order valence-corrected chi connectivity index (χ1v) is 8.49. The summed E-state index contributed by atoms with van der Waals surface area (Å²) in [6.45, 7) is 3.52. The molecule has 0 aliphatic rings. The first kappa shape index (κ1) is 24.2. The lowest BCUT2D eigenvalue weighted by molar-refractivity contribution is -0.120. The average molecular weight is 475 g/mol. The van der Waals surface area contributed by atoms with Crippen LogP contribution in [-0.4, -0.2) is 63.5 Å². The number of benzene rings is 1. The van der Waals surface area contributed by atoms with Gasteiger partial charge in [-0.05, 0) is 30.5 Å². The van der Waals surface area contributed by atoms with Gasteiger partial charge in [0.15, 0.2) is 5.96 Å². The van der Waals surface area contributed by atoms with Crippen molar-refractivity contribution in [2.24, 2.45) is 4.99 Å². The number of rotatable bonds is 8. The van der Waals surface area contributed by atoms with Crippen molar-refractivity contribution in [3.05, 3.63) is 35.4 Å². The largest absolute Gasteiger partial charge is 0.356 e. The molecule has 0 aliphatic carbocycles. The van der Waals surface area contributed by atoms with Gasteiger partial charge < -0.3 is 20.9 Å². The highest BCUT2D eigenvalue weighted by molar-refractivity contribution is 14.0. The zero-order chi connectivity index (χ0) is 18.7. The Kier molecular flexibility index (Phi) is 12.4. The van der Waals surface area contributed by atoms with Gasteiger partial charge in [0.1, 0.15) is 0 Å². The summed E-state index contributed by atoms with van der Waals surface area (Å²) in [5.74, 6) is 0.511. The Hall–Kier alpha value is -1.84. The number of aliphatic imine (C=N–C) groups is 1. The van der Waals surface area contributed by atoms with Crippen LogP contribution in [0.15, 0.2) is 29.3 Å². The van der Waals surface area contributed by atoms with Gasteiger partial charge in [0.25, 0.3) is 5.91 Å². The van der Waals surface area contributed by atoms with Gasteiger partial charge in [-0.15, -0.1) is 24.0 Å². The fourth-order valence-electron chi connectivity index (χ4n) is 2.15. The van der Waals surface area contributed by atoms with Crippen molar-refractivity contribution in [2.75, 3.05) is 40.8 Å². The fourth-order valence-corrected chi connectivity index (χ4v) is 2.15. The molecule has 0 unspecified atom stereocenters. The number of nitrogens with zero attached hydrogens (tertiary/aromatic N) is 2. The van der Waals surface area contributed by atoms with E-state index in [0.29, 0.717) is 24.6 Å². The summed E-state index contributed by atoms with van der Waals surface area (Å²) >= 11 is 0. The molecule has 7 nitrogen and oxygen atoms in total. The fraction of sp³-hybridized carbons (Fsp3) is 0.500. The van der Waals surface area contributed by atoms with Gasteiger partial charge in [-0.2, -0.15) is 0 Å². The van der Waals surface area contributed by atoms with Crippen LogP contribution in [-0.2, 0) is 11.2 Å². The minimum absolute atomic E-state index is 0. The highest BCUT2D eigenvalue weighted by atomic mass is 127. The van der Waals surface area contributed by atoms with Crippen molar-refractivity contribution >= 4 is 41.8 Å². The zero-order valence-corrected chi connectivity index (χ0v) is 18.3. The van der Waals surface area contributed by atoms with Crippen molar-refractivity contribution in [3.8, 4) is 0 Å². The molecule has 26 heavy (non-hydrogen) atoms. The van der Waals surface area contributed by atoms with Gasteiger partial charge >= 0.3 is 0 Å². The van der Waals surface area contributed by atoms with Crippen LogP contribution in [0.3, 0.4) is 0 Å². The maximum Gasteiger partial charge on any atom is 0.253 e. The van der Waals surface area contributed by atoms with Gasteiger partial charge in [-0.25, -0.2) is 0 Å². The Balaban J connectivity index is 0.00000625. The molecule has 0 saturated carbocycles. The van der Waals surface area contributed by atoms with Gasteiger partial charge in [-0.1, -0.05) is 19.1 Å². The summed E-state index contributed by atoms with van der Waals surface area (Å²) in [6, 6.07) is 7.59. The van der Waals surface area contributed by atoms with Crippen LogP contribution in [0.5, 0.6) is 0 Å². The Labute approximate surface area is 173 Å². The molecule has 0 fully saturated rings. The molecule has 8 heteroatoms. The molecule has 2 amide bonds. The molecule has 1 aromatic carbocycles. The number of hydrogen-bond acceptors (Lipinski definition) is 3. The molecule has 0 bridgehead atoms. The maximum atomic E-state index is 12.0. The van der Waals surface area contributed by atoms with E-state index in [0.717, 1.165) is 18.4 Å². The minimum atomic E-state index is -0.0558. The lowest BCUT2D eigenvalue weighted by Gasteiger charge is -2.13. The second kappa shape index (κ2) is 13.4. The summed E-state index contributed by atoms with van der Waals surface area (Å²) in [4.78, 5) is 29.2. The zero-order valence-electron chi connectivity index (χ0n) is 16.0. The molecule has 0 aliphatic heterocycles. The number of amides is 2. The number of carbonyl (C=O) groups excluding carboxylic acids is 2. The number of carbonyl (C=O) groups is 2. The summed E-state index contributed by atoms with van der Waals surface area (Å²) in [5, 5.41) is 8.94. The van der Waals surface area contributed by atoms with E-state index in [1.54, 1.807) is 26.0 Å². The predicted molar refractivity (Wildman–Crippen MR) is 116 cm³/mol. The van der Waals surface area contributed by atoms with E-state index in [9.17, 15) is 9.59 Å². The van der Waals surface area contributed by atoms with E-state index in [2.05, 4.69) is 20.9 Å². The number of halogens is 1. The number of hydrogen-bond donors (Lipinski definition) is 3. The van der Waals surface area contributed by atoms with Crippen LogP contribution in [0.1, 0.15) is 29.3 Å². The van der Waals surface area contributed by atoms with Crippen LogP contribution in [0.4, 0.5) is 0 Å². The Morgan fingerprint density at radius 2 is 1.85 bits per heavy atom. The molecule has 3 N–H and O–H groups in total. The van der Waals surface area contributed by atoms with Crippen LogP contribution in [0.2, 0.25) is 0 Å². The lowest BCUT2D eigenvalue weighted by Crippen LogP contribution is -2.43. The van der Waals surface area contributed by atoms with E-state index in [1.807, 2.05) is 31.2 Å². The van der Waals surface area contributed by atoms with Crippen LogP contribution < -0.4 is 16.0 Å². The van der Waals surface area contributed by atoms with E-state index in [-0.39, 0.29) is 42.3 Å². The average Bonchev–Trinajstić information content (AvgIpc) is 2.62. The number of guanidine groups is 1. The molecule has 1 rings (SSSR count). The van der Waals surface area contributed by atoms with Crippen LogP contribution >= 0.6 is 24.0 Å². The first-order chi connectivity index (χ1) is 12.0. The molecule has 0 heterocycles. The SMILES string of the molecule is CCCNC(=O)CNC(=NC)NCCc1cccc(C(=O)N(C)C)c1.I. The summed E-state index contributed by atoms with van der Waals surface area (Å²) < 4.78 is 0. The smallest absolute Gasteiger partial charge is 0.253 e. The molecule has 0 saturated heterocycles. The quantitative estimate of drug-likeness (QED) is 0.300. The normalized spacial score (nSPS) is 10.5. The lowest BCUT2D eigenvalue weighted by atomic mass is 10.1. The van der Waals surface area contributed by atoms with Crippen molar-refractivity contribution < 1.29 is 9.59 Å². The molecule has 0 atom stereocenters. The molecule has 1 aromatic rings. The molecule has 0 aromatic heterocycles. The van der Waals surface area contributed by atoms with Crippen molar-refractivity contribution in [2.45, 2.75) is 19.8 Å². The standard InChI is InChI=1S/C18H29N5O2.HI/c1-5-10-20-16(24)13-22-18(19-2)21-11-9-14-7-6-8-15(12-14)17(25)23(3)4;/h6-8,12H,5,9-11,13H2,1-4H3,(H,20,24)(H2,19,21,22);1H. The monoisotopic (exact) mass is 475 g/mol. The maximum absolute atomic E-state index is 12.0. The highest BCUT2D eigenvalue weighted by Gasteiger charge is 2.08. The van der Waals surface area contributed by atoms with Crippen molar-refractivity contribution in [3.63, 3.8) is 0 Å². The van der Waals surface area contributed by atoms with Crippen LogP contribution in [0.25, 0.3) is 0 Å². The summed E-state index contributed by atoms with van der Waals surface area (Å²) in [6.07, 6.45) is 1.66. The third kappa shape index (κ3) is 9.02.